The van der Waals surface area contributed by atoms with Crippen LogP contribution in [0.4, 0.5) is 5.69 Å². The Morgan fingerprint density at radius 2 is 2.05 bits per heavy atom. The van der Waals surface area contributed by atoms with Crippen LogP contribution in [0.15, 0.2) is 12.1 Å². The molecule has 20 heavy (non-hydrogen) atoms. The van der Waals surface area contributed by atoms with E-state index in [0.717, 1.165) is 17.5 Å². The molecule has 1 aliphatic rings. The summed E-state index contributed by atoms with van der Waals surface area (Å²) in [6.45, 7) is 5.34. The minimum Gasteiger partial charge on any atom is -0.486 e. The molecule has 6 heteroatoms. The molecule has 0 radical (unpaired) electrons. The van der Waals surface area contributed by atoms with E-state index in [-0.39, 0.29) is 12.0 Å². The van der Waals surface area contributed by atoms with Gasteiger partial charge in [-0.05, 0) is 31.4 Å². The van der Waals surface area contributed by atoms with Gasteiger partial charge in [-0.3, -0.25) is 10.1 Å². The van der Waals surface area contributed by atoms with Gasteiger partial charge in [0.25, 0.3) is 0 Å². The highest BCUT2D eigenvalue weighted by molar-refractivity contribution is 5.53. The van der Waals surface area contributed by atoms with Crippen LogP contribution in [-0.4, -0.2) is 31.0 Å². The van der Waals surface area contributed by atoms with E-state index in [1.165, 1.54) is 6.07 Å². The molecule has 0 unspecified atom stereocenters. The molecule has 6 nitrogen and oxygen atoms in total. The van der Waals surface area contributed by atoms with Gasteiger partial charge in [-0.25, -0.2) is 0 Å². The molecule has 1 aromatic carbocycles. The molecule has 0 bridgehead atoms. The van der Waals surface area contributed by atoms with E-state index < -0.39 is 4.92 Å². The van der Waals surface area contributed by atoms with E-state index in [2.05, 4.69) is 0 Å². The lowest BCUT2D eigenvalue weighted by molar-refractivity contribution is -0.386. The van der Waals surface area contributed by atoms with Crippen molar-refractivity contribution in [1.82, 2.24) is 0 Å². The Balaban J connectivity index is 1.99. The SMILES string of the molecule is Cc1cc(C)c(OCCC2OCCCO2)c([N+](=O)[O-])c1. The Kier molecular flexibility index (Phi) is 4.92. The highest BCUT2D eigenvalue weighted by Crippen LogP contribution is 2.32. The summed E-state index contributed by atoms with van der Waals surface area (Å²) in [4.78, 5) is 10.7. The zero-order valence-electron chi connectivity index (χ0n) is 11.8. The molecular weight excluding hydrogens is 262 g/mol. The van der Waals surface area contributed by atoms with Gasteiger partial charge in [0.1, 0.15) is 0 Å². The summed E-state index contributed by atoms with van der Waals surface area (Å²) in [7, 11) is 0. The molecule has 0 aromatic heterocycles. The van der Waals surface area contributed by atoms with E-state index in [4.69, 9.17) is 14.2 Å². The van der Waals surface area contributed by atoms with E-state index in [0.29, 0.717) is 32.0 Å². The quantitative estimate of drug-likeness (QED) is 0.613. The third kappa shape index (κ3) is 3.68. The van der Waals surface area contributed by atoms with Crippen molar-refractivity contribution in [3.63, 3.8) is 0 Å². The van der Waals surface area contributed by atoms with Crippen molar-refractivity contribution in [3.8, 4) is 5.75 Å². The third-order valence-electron chi connectivity index (χ3n) is 3.09. The second-order valence-electron chi connectivity index (χ2n) is 4.85. The summed E-state index contributed by atoms with van der Waals surface area (Å²) < 4.78 is 16.4. The van der Waals surface area contributed by atoms with E-state index in [1.54, 1.807) is 0 Å². The van der Waals surface area contributed by atoms with Crippen LogP contribution < -0.4 is 4.74 Å². The number of nitro groups is 1. The summed E-state index contributed by atoms with van der Waals surface area (Å²) in [6.07, 6.45) is 1.19. The van der Waals surface area contributed by atoms with Crippen molar-refractivity contribution < 1.29 is 19.1 Å². The highest BCUT2D eigenvalue weighted by Gasteiger charge is 2.20. The second-order valence-corrected chi connectivity index (χ2v) is 4.85. The molecule has 0 atom stereocenters. The summed E-state index contributed by atoms with van der Waals surface area (Å²) in [5.74, 6) is 0.330. The van der Waals surface area contributed by atoms with Gasteiger partial charge in [-0.1, -0.05) is 6.07 Å². The van der Waals surface area contributed by atoms with Gasteiger partial charge in [-0.15, -0.1) is 0 Å². The van der Waals surface area contributed by atoms with Gasteiger partial charge in [0.05, 0.1) is 24.7 Å². The van der Waals surface area contributed by atoms with Gasteiger partial charge in [0, 0.05) is 12.5 Å². The van der Waals surface area contributed by atoms with Crippen LogP contribution in [0.3, 0.4) is 0 Å². The van der Waals surface area contributed by atoms with Crippen LogP contribution in [0.25, 0.3) is 0 Å². The van der Waals surface area contributed by atoms with Crippen molar-refractivity contribution in [2.75, 3.05) is 19.8 Å². The molecular formula is C14H19NO5. The zero-order valence-corrected chi connectivity index (χ0v) is 11.8. The number of hydrogen-bond acceptors (Lipinski definition) is 5. The molecule has 2 rings (SSSR count). The van der Waals surface area contributed by atoms with Crippen LogP contribution in [0, 0.1) is 24.0 Å². The predicted octanol–water partition coefficient (Wildman–Crippen LogP) is 2.74. The fourth-order valence-electron chi connectivity index (χ4n) is 2.22. The van der Waals surface area contributed by atoms with Crippen LogP contribution in [0.5, 0.6) is 5.75 Å². The van der Waals surface area contributed by atoms with E-state index in [1.807, 2.05) is 19.9 Å². The van der Waals surface area contributed by atoms with Gasteiger partial charge in [-0.2, -0.15) is 0 Å². The Morgan fingerprint density at radius 3 is 2.70 bits per heavy atom. The topological polar surface area (TPSA) is 70.8 Å². The summed E-state index contributed by atoms with van der Waals surface area (Å²) in [6, 6.07) is 3.39. The summed E-state index contributed by atoms with van der Waals surface area (Å²) in [5.41, 5.74) is 1.62. The summed E-state index contributed by atoms with van der Waals surface area (Å²) >= 11 is 0. The third-order valence-corrected chi connectivity index (χ3v) is 3.09. The maximum atomic E-state index is 11.1. The molecule has 1 aliphatic heterocycles. The molecule has 1 aromatic rings. The number of rotatable bonds is 5. The van der Waals surface area contributed by atoms with Gasteiger partial charge in [0.2, 0.25) is 0 Å². The van der Waals surface area contributed by atoms with Crippen LogP contribution >= 0.6 is 0 Å². The maximum absolute atomic E-state index is 11.1. The first-order valence-electron chi connectivity index (χ1n) is 6.69. The fraction of sp³-hybridized carbons (Fsp3) is 0.571. The number of hydrogen-bond donors (Lipinski definition) is 0. The predicted molar refractivity (Wildman–Crippen MR) is 73.0 cm³/mol. The number of aryl methyl sites for hydroxylation is 2. The standard InChI is InChI=1S/C14H19NO5/c1-10-8-11(2)14(12(9-10)15(16)17)20-7-4-13-18-5-3-6-19-13/h8-9,13H,3-7H2,1-2H3. The lowest BCUT2D eigenvalue weighted by Crippen LogP contribution is -2.26. The van der Waals surface area contributed by atoms with Crippen molar-refractivity contribution in [3.05, 3.63) is 33.4 Å². The maximum Gasteiger partial charge on any atom is 0.311 e. The number of nitro benzene ring substituents is 1. The Bertz CT molecular complexity index is 483. The molecule has 0 N–H and O–H groups in total. The Hall–Kier alpha value is -1.66. The fourth-order valence-corrected chi connectivity index (χ4v) is 2.22. The van der Waals surface area contributed by atoms with Gasteiger partial charge < -0.3 is 14.2 Å². The summed E-state index contributed by atoms with van der Waals surface area (Å²) in [5, 5.41) is 11.1. The van der Waals surface area contributed by atoms with Crippen molar-refractivity contribution >= 4 is 5.69 Å². The lowest BCUT2D eigenvalue weighted by atomic mass is 10.1. The lowest BCUT2D eigenvalue weighted by Gasteiger charge is -2.23. The van der Waals surface area contributed by atoms with Crippen molar-refractivity contribution in [1.29, 1.82) is 0 Å². The smallest absolute Gasteiger partial charge is 0.311 e. The Morgan fingerprint density at radius 1 is 1.35 bits per heavy atom. The van der Waals surface area contributed by atoms with E-state index >= 15 is 0 Å². The molecule has 1 heterocycles. The minimum absolute atomic E-state index is 0.00739. The van der Waals surface area contributed by atoms with Gasteiger partial charge >= 0.3 is 5.69 Å². The van der Waals surface area contributed by atoms with Crippen LogP contribution in [-0.2, 0) is 9.47 Å². The van der Waals surface area contributed by atoms with Crippen LogP contribution in [0.2, 0.25) is 0 Å². The van der Waals surface area contributed by atoms with Gasteiger partial charge in [0.15, 0.2) is 12.0 Å². The molecule has 110 valence electrons. The molecule has 0 aliphatic carbocycles. The second kappa shape index (κ2) is 6.67. The molecule has 0 spiro atoms. The number of nitrogens with zero attached hydrogens (tertiary/aromatic N) is 1. The first-order chi connectivity index (χ1) is 9.58. The molecule has 0 amide bonds. The normalized spacial score (nSPS) is 16.1. The largest absolute Gasteiger partial charge is 0.486 e. The molecule has 0 saturated carbocycles. The number of ether oxygens (including phenoxy) is 3. The number of benzene rings is 1. The molecule has 1 fully saturated rings. The van der Waals surface area contributed by atoms with Crippen molar-refractivity contribution in [2.24, 2.45) is 0 Å². The average molecular weight is 281 g/mol. The van der Waals surface area contributed by atoms with Crippen LogP contribution in [0.1, 0.15) is 24.0 Å². The molecule has 1 saturated heterocycles. The first kappa shape index (κ1) is 14.7. The van der Waals surface area contributed by atoms with Crippen molar-refractivity contribution in [2.45, 2.75) is 33.0 Å². The average Bonchev–Trinajstić information content (AvgIpc) is 2.41. The monoisotopic (exact) mass is 281 g/mol. The van der Waals surface area contributed by atoms with E-state index in [9.17, 15) is 10.1 Å². The minimum atomic E-state index is -0.414. The highest BCUT2D eigenvalue weighted by atomic mass is 16.7. The first-order valence-corrected chi connectivity index (χ1v) is 6.69. The Labute approximate surface area is 117 Å². The zero-order chi connectivity index (χ0) is 14.5.